The van der Waals surface area contributed by atoms with Gasteiger partial charge in [0.05, 0.1) is 0 Å². The second-order valence-electron chi connectivity index (χ2n) is 6.60. The third kappa shape index (κ3) is 5.46. The Hall–Kier alpha value is -2.61. The zero-order chi connectivity index (χ0) is 18.2. The maximum absolute atomic E-state index is 12.0. The number of amides is 1. The van der Waals surface area contributed by atoms with Gasteiger partial charge < -0.3 is 10.1 Å². The van der Waals surface area contributed by atoms with Gasteiger partial charge in [-0.1, -0.05) is 57.0 Å². The molecule has 25 heavy (non-hydrogen) atoms. The number of hydrogen-bond acceptors (Lipinski definition) is 4. The van der Waals surface area contributed by atoms with Crippen LogP contribution < -0.4 is 5.32 Å². The molecule has 0 radical (unpaired) electrons. The molecule has 0 spiro atoms. The molecule has 132 valence electrons. The van der Waals surface area contributed by atoms with Crippen LogP contribution in [0.1, 0.15) is 38.7 Å². The van der Waals surface area contributed by atoms with Gasteiger partial charge in [0.2, 0.25) is 0 Å². The van der Waals surface area contributed by atoms with Crippen molar-refractivity contribution < 1.29 is 14.3 Å². The molecule has 1 aromatic carbocycles. The Labute approximate surface area is 148 Å². The molecule has 1 aliphatic rings. The number of benzene rings is 1. The van der Waals surface area contributed by atoms with Crippen LogP contribution in [0.5, 0.6) is 0 Å². The number of carbonyl (C=O) groups excluding carboxylic acids is 2. The van der Waals surface area contributed by atoms with E-state index in [1.165, 1.54) is 12.5 Å². The van der Waals surface area contributed by atoms with Crippen molar-refractivity contribution in [3.8, 4) is 6.07 Å². The Morgan fingerprint density at radius 3 is 2.68 bits per heavy atom. The van der Waals surface area contributed by atoms with Crippen molar-refractivity contribution in [2.45, 2.75) is 39.2 Å². The molecule has 1 amide bonds. The number of nitrogens with zero attached hydrogens (tertiary/aromatic N) is 1. The molecule has 0 aromatic heterocycles. The van der Waals surface area contributed by atoms with Crippen LogP contribution in [0.25, 0.3) is 6.08 Å². The van der Waals surface area contributed by atoms with Crippen molar-refractivity contribution in [2.24, 2.45) is 11.8 Å². The number of hydrogen-bond donors (Lipinski definition) is 1. The van der Waals surface area contributed by atoms with Crippen LogP contribution in [-0.2, 0) is 14.3 Å². The van der Waals surface area contributed by atoms with E-state index in [0.29, 0.717) is 11.8 Å². The van der Waals surface area contributed by atoms with E-state index in [0.717, 1.165) is 18.4 Å². The molecule has 1 aromatic rings. The van der Waals surface area contributed by atoms with Crippen LogP contribution in [0.2, 0.25) is 0 Å². The number of ether oxygens (including phenoxy) is 1. The fourth-order valence-electron chi connectivity index (χ4n) is 3.10. The monoisotopic (exact) mass is 340 g/mol. The SMILES string of the molecule is C[C@H]1[C@@H](NC(=O)COC(=O)/C(C#N)=C/c2ccccc2)CCC[C@@H]1C. The molecule has 1 saturated carbocycles. The maximum Gasteiger partial charge on any atom is 0.349 e. The van der Waals surface area contributed by atoms with Crippen molar-refractivity contribution in [3.05, 3.63) is 41.5 Å². The number of esters is 1. The van der Waals surface area contributed by atoms with E-state index in [9.17, 15) is 9.59 Å². The van der Waals surface area contributed by atoms with E-state index in [1.54, 1.807) is 12.1 Å². The lowest BCUT2D eigenvalue weighted by Gasteiger charge is -2.34. The molecule has 0 bridgehead atoms. The Morgan fingerprint density at radius 2 is 2.00 bits per heavy atom. The van der Waals surface area contributed by atoms with Crippen molar-refractivity contribution in [1.82, 2.24) is 5.32 Å². The van der Waals surface area contributed by atoms with Crippen molar-refractivity contribution in [1.29, 1.82) is 5.26 Å². The molecule has 0 saturated heterocycles. The highest BCUT2D eigenvalue weighted by Crippen LogP contribution is 2.29. The molecular weight excluding hydrogens is 316 g/mol. The average molecular weight is 340 g/mol. The van der Waals surface area contributed by atoms with Gasteiger partial charge in [-0.25, -0.2) is 4.79 Å². The molecule has 1 N–H and O–H groups in total. The molecule has 0 unspecified atom stereocenters. The molecule has 2 rings (SSSR count). The van der Waals surface area contributed by atoms with Crippen LogP contribution >= 0.6 is 0 Å². The normalized spacial score (nSPS) is 23.4. The van der Waals surface area contributed by atoms with Gasteiger partial charge in [0.25, 0.3) is 5.91 Å². The fraction of sp³-hybridized carbons (Fsp3) is 0.450. The van der Waals surface area contributed by atoms with E-state index < -0.39 is 5.97 Å². The Kier molecular flexibility index (Phi) is 6.76. The predicted octanol–water partition coefficient (Wildman–Crippen LogP) is 3.08. The zero-order valence-corrected chi connectivity index (χ0v) is 14.7. The second kappa shape index (κ2) is 9.03. The first-order chi connectivity index (χ1) is 12.0. The molecule has 5 heteroatoms. The zero-order valence-electron chi connectivity index (χ0n) is 14.7. The van der Waals surface area contributed by atoms with Crippen molar-refractivity contribution in [2.75, 3.05) is 6.61 Å². The fourth-order valence-corrected chi connectivity index (χ4v) is 3.10. The van der Waals surface area contributed by atoms with Gasteiger partial charge in [-0.15, -0.1) is 0 Å². The van der Waals surface area contributed by atoms with Gasteiger partial charge in [0.15, 0.2) is 6.61 Å². The van der Waals surface area contributed by atoms with Gasteiger partial charge in [0.1, 0.15) is 11.6 Å². The lowest BCUT2D eigenvalue weighted by atomic mass is 9.78. The first kappa shape index (κ1) is 18.7. The van der Waals surface area contributed by atoms with Crippen LogP contribution in [0, 0.1) is 23.2 Å². The van der Waals surface area contributed by atoms with Crippen LogP contribution in [0.15, 0.2) is 35.9 Å². The lowest BCUT2D eigenvalue weighted by Crippen LogP contribution is -2.45. The topological polar surface area (TPSA) is 79.2 Å². The molecule has 0 heterocycles. The minimum absolute atomic E-state index is 0.116. The van der Waals surface area contributed by atoms with E-state index in [4.69, 9.17) is 10.00 Å². The molecule has 5 nitrogen and oxygen atoms in total. The summed E-state index contributed by atoms with van der Waals surface area (Å²) in [5, 5.41) is 12.1. The van der Waals surface area contributed by atoms with Crippen molar-refractivity contribution in [3.63, 3.8) is 0 Å². The first-order valence-corrected chi connectivity index (χ1v) is 8.64. The Morgan fingerprint density at radius 1 is 1.28 bits per heavy atom. The molecular formula is C20H24N2O3. The summed E-state index contributed by atoms with van der Waals surface area (Å²) in [5.41, 5.74) is 0.601. The van der Waals surface area contributed by atoms with E-state index in [1.807, 2.05) is 24.3 Å². The number of rotatable bonds is 5. The number of carbonyl (C=O) groups is 2. The molecule has 1 fully saturated rings. The summed E-state index contributed by atoms with van der Waals surface area (Å²) in [4.78, 5) is 24.0. The summed E-state index contributed by atoms with van der Waals surface area (Å²) in [7, 11) is 0. The van der Waals surface area contributed by atoms with Crippen molar-refractivity contribution >= 4 is 18.0 Å². The van der Waals surface area contributed by atoms with E-state index in [-0.39, 0.29) is 24.1 Å². The van der Waals surface area contributed by atoms with Gasteiger partial charge in [-0.2, -0.15) is 5.26 Å². The number of nitriles is 1. The quantitative estimate of drug-likeness (QED) is 0.507. The van der Waals surface area contributed by atoms with Crippen LogP contribution in [0.3, 0.4) is 0 Å². The molecule has 3 atom stereocenters. The van der Waals surface area contributed by atoms with Gasteiger partial charge in [0, 0.05) is 6.04 Å². The highest BCUT2D eigenvalue weighted by atomic mass is 16.5. The summed E-state index contributed by atoms with van der Waals surface area (Å²) in [6.07, 6.45) is 4.67. The molecule has 0 aliphatic heterocycles. The van der Waals surface area contributed by atoms with Gasteiger partial charge >= 0.3 is 5.97 Å². The first-order valence-electron chi connectivity index (χ1n) is 8.64. The summed E-state index contributed by atoms with van der Waals surface area (Å²) < 4.78 is 4.99. The van der Waals surface area contributed by atoms with Crippen LogP contribution in [0.4, 0.5) is 0 Å². The van der Waals surface area contributed by atoms with E-state index in [2.05, 4.69) is 19.2 Å². The smallest absolute Gasteiger partial charge is 0.349 e. The number of nitrogens with one attached hydrogen (secondary N) is 1. The largest absolute Gasteiger partial charge is 0.451 e. The molecule has 1 aliphatic carbocycles. The van der Waals surface area contributed by atoms with E-state index >= 15 is 0 Å². The summed E-state index contributed by atoms with van der Waals surface area (Å²) in [6, 6.07) is 11.0. The average Bonchev–Trinajstić information content (AvgIpc) is 2.62. The lowest BCUT2D eigenvalue weighted by molar-refractivity contribution is -0.144. The Balaban J connectivity index is 1.87. The highest BCUT2D eigenvalue weighted by Gasteiger charge is 2.28. The van der Waals surface area contributed by atoms with Gasteiger partial charge in [-0.05, 0) is 29.9 Å². The van der Waals surface area contributed by atoms with Crippen LogP contribution in [-0.4, -0.2) is 24.5 Å². The third-order valence-corrected chi connectivity index (χ3v) is 4.84. The predicted molar refractivity (Wildman–Crippen MR) is 95.1 cm³/mol. The minimum Gasteiger partial charge on any atom is -0.451 e. The Bertz CT molecular complexity index is 676. The standard InChI is InChI=1S/C20H24N2O3/c1-14-7-6-10-18(15(14)2)22-19(23)13-25-20(24)17(12-21)11-16-8-4-3-5-9-16/h3-5,8-9,11,14-15,18H,6-7,10,13H2,1-2H3,(H,22,23)/b17-11+/t14-,15+,18-/m0/s1. The summed E-state index contributed by atoms with van der Waals surface area (Å²) in [6.45, 7) is 3.96. The maximum atomic E-state index is 12.0. The minimum atomic E-state index is -0.786. The third-order valence-electron chi connectivity index (χ3n) is 4.84. The summed E-state index contributed by atoms with van der Waals surface area (Å²) >= 11 is 0. The highest BCUT2D eigenvalue weighted by molar-refractivity contribution is 5.98. The second-order valence-corrected chi connectivity index (χ2v) is 6.60. The summed E-state index contributed by atoms with van der Waals surface area (Å²) in [5.74, 6) is -0.135. The van der Waals surface area contributed by atoms with Gasteiger partial charge in [-0.3, -0.25) is 4.79 Å².